The molecule has 3 aromatic heterocycles. The van der Waals surface area contributed by atoms with E-state index >= 15 is 0 Å². The molecule has 5 aromatic carbocycles. The second-order valence-corrected chi connectivity index (χ2v) is 11.8. The number of aromatic nitrogens is 3. The molecule has 0 saturated heterocycles. The molecule has 8 aromatic rings. The van der Waals surface area contributed by atoms with Crippen LogP contribution in [0.2, 0.25) is 0 Å². The molecule has 0 bridgehead atoms. The first-order chi connectivity index (χ1) is 22.5. The number of fused-ring (bicyclic) bond motifs is 2. The van der Waals surface area contributed by atoms with Crippen molar-refractivity contribution in [2.45, 2.75) is 19.7 Å². The summed E-state index contributed by atoms with van der Waals surface area (Å²) in [4.78, 5) is 9.26. The molecule has 0 fully saturated rings. The molecule has 0 atom stereocenters. The minimum atomic E-state index is -0.666. The number of imidazole rings is 1. The summed E-state index contributed by atoms with van der Waals surface area (Å²) in [5.74, 6) is 0.209. The van der Waals surface area contributed by atoms with Gasteiger partial charge in [-0.2, -0.15) is 0 Å². The van der Waals surface area contributed by atoms with Crippen molar-refractivity contribution in [1.29, 1.82) is 0 Å². The van der Waals surface area contributed by atoms with Crippen LogP contribution in [0.1, 0.15) is 26.7 Å². The smallest absolute Gasteiger partial charge is 0.0774 e. The monoisotopic (exact) mass is 791 g/mol. The average molecular weight is 791 g/mol. The molecule has 0 spiro atoms. The molecule has 0 saturated carbocycles. The first kappa shape index (κ1) is 30.0. The van der Waals surface area contributed by atoms with Gasteiger partial charge < -0.3 is 9.55 Å². The largest absolute Gasteiger partial charge is 0.333 e. The Morgan fingerprint density at radius 2 is 1.50 bits per heavy atom. The molecular formula is C41H31IrN3S-2. The maximum absolute atomic E-state index is 8.50. The predicted molar refractivity (Wildman–Crippen MR) is 189 cm³/mol. The third-order valence-corrected chi connectivity index (χ3v) is 8.64. The summed E-state index contributed by atoms with van der Waals surface area (Å²) in [6.07, 6.45) is 1.79. The predicted octanol–water partition coefficient (Wildman–Crippen LogP) is 11.0. The van der Waals surface area contributed by atoms with Crippen LogP contribution in [0, 0.1) is 11.4 Å². The Morgan fingerprint density at radius 1 is 0.761 bits per heavy atom. The van der Waals surface area contributed by atoms with Crippen molar-refractivity contribution in [3.05, 3.63) is 163 Å². The first-order valence-electron chi connectivity index (χ1n) is 15.4. The van der Waals surface area contributed by atoms with E-state index in [0.29, 0.717) is 0 Å². The van der Waals surface area contributed by atoms with Crippen LogP contribution in [0.4, 0.5) is 0 Å². The molecule has 227 valence electrons. The van der Waals surface area contributed by atoms with Crippen molar-refractivity contribution >= 4 is 32.5 Å². The van der Waals surface area contributed by atoms with Gasteiger partial charge in [0.15, 0.2) is 0 Å². The van der Waals surface area contributed by atoms with Crippen LogP contribution in [0.5, 0.6) is 0 Å². The zero-order chi connectivity index (χ0) is 31.5. The van der Waals surface area contributed by atoms with Gasteiger partial charge in [-0.1, -0.05) is 114 Å². The van der Waals surface area contributed by atoms with Gasteiger partial charge in [-0.05, 0) is 53.0 Å². The van der Waals surface area contributed by atoms with E-state index in [0.717, 1.165) is 55.0 Å². The number of thiophene rings is 1. The third-order valence-electron chi connectivity index (χ3n) is 7.76. The number of pyridine rings is 1. The second kappa shape index (κ2) is 14.2. The molecule has 46 heavy (non-hydrogen) atoms. The second-order valence-electron chi connectivity index (χ2n) is 11.0. The Morgan fingerprint density at radius 3 is 2.24 bits per heavy atom. The van der Waals surface area contributed by atoms with Crippen LogP contribution in [-0.2, 0) is 20.1 Å². The van der Waals surface area contributed by atoms with E-state index in [2.05, 4.69) is 106 Å². The van der Waals surface area contributed by atoms with E-state index in [-0.39, 0.29) is 20.1 Å². The number of hydrogen-bond donors (Lipinski definition) is 0. The quantitative estimate of drug-likeness (QED) is 0.163. The summed E-state index contributed by atoms with van der Waals surface area (Å²) in [7, 11) is 0. The molecule has 0 aliphatic carbocycles. The molecular weight excluding hydrogens is 759 g/mol. The topological polar surface area (TPSA) is 30.7 Å². The number of para-hydroxylation sites is 2. The molecule has 3 nitrogen and oxygen atoms in total. The van der Waals surface area contributed by atoms with Crippen molar-refractivity contribution in [3.63, 3.8) is 0 Å². The van der Waals surface area contributed by atoms with Crippen LogP contribution >= 0.6 is 11.3 Å². The SMILES string of the molecule is [2H]C(C)(C)c1ccc2s[c-]c(-c3nc4ccccc4n3-c3ccc(-c4ccccc4)cc3)c2c1.[Ir].[c-]1ccccc1-c1ccccn1. The molecule has 0 aliphatic rings. The van der Waals surface area contributed by atoms with Crippen LogP contribution in [0.25, 0.3) is 60.6 Å². The summed E-state index contributed by atoms with van der Waals surface area (Å²) >= 11 is 1.60. The summed E-state index contributed by atoms with van der Waals surface area (Å²) < 4.78 is 11.9. The Bertz CT molecular complexity index is 2180. The van der Waals surface area contributed by atoms with E-state index in [9.17, 15) is 0 Å². The Labute approximate surface area is 289 Å². The molecule has 0 N–H and O–H groups in total. The summed E-state index contributed by atoms with van der Waals surface area (Å²) in [5, 5.41) is 4.61. The molecule has 1 radical (unpaired) electrons. The van der Waals surface area contributed by atoms with E-state index in [1.54, 1.807) is 17.5 Å². The molecule has 0 amide bonds. The van der Waals surface area contributed by atoms with E-state index in [4.69, 9.17) is 6.35 Å². The van der Waals surface area contributed by atoms with Crippen molar-refractivity contribution in [2.75, 3.05) is 0 Å². The van der Waals surface area contributed by atoms with Crippen LogP contribution in [-0.4, -0.2) is 14.5 Å². The Balaban J connectivity index is 0.000000250. The summed E-state index contributed by atoms with van der Waals surface area (Å²) in [6, 6.07) is 50.4. The van der Waals surface area contributed by atoms with Crippen LogP contribution in [0.3, 0.4) is 0 Å². The normalized spacial score (nSPS) is 11.4. The molecule has 0 aliphatic heterocycles. The number of nitrogens with zero attached hydrogens (tertiary/aromatic N) is 3. The summed E-state index contributed by atoms with van der Waals surface area (Å²) in [5.41, 5.74) is 9.45. The van der Waals surface area contributed by atoms with Crippen molar-refractivity contribution in [2.24, 2.45) is 0 Å². The first-order valence-corrected chi connectivity index (χ1v) is 15.7. The van der Waals surface area contributed by atoms with Gasteiger partial charge in [-0.15, -0.1) is 47.3 Å². The standard InChI is InChI=1S/C30H23N2S.C11H8N.Ir/c1-20(2)23-14-17-29-25(18-23)26(19-33-29)30-31-27-10-6-7-11-28(27)32(30)24-15-12-22(13-16-24)21-8-4-3-5-9-21;1-2-6-10(7-3-1)11-8-4-5-9-12-11;/h3-18,20H,1-2H3;1-6,8-9H;/q2*-1;/i20D;;. The van der Waals surface area contributed by atoms with Crippen molar-refractivity contribution < 1.29 is 21.5 Å². The fourth-order valence-corrected chi connectivity index (χ4v) is 6.24. The van der Waals surface area contributed by atoms with Gasteiger partial charge in [0.05, 0.1) is 16.9 Å². The van der Waals surface area contributed by atoms with Crippen LogP contribution < -0.4 is 0 Å². The van der Waals surface area contributed by atoms with Gasteiger partial charge in [-0.3, -0.25) is 16.3 Å². The Kier molecular flexibility index (Phi) is 9.25. The number of hydrogen-bond acceptors (Lipinski definition) is 3. The fraction of sp³-hybridized carbons (Fsp3) is 0.0732. The van der Waals surface area contributed by atoms with Gasteiger partial charge in [-0.25, -0.2) is 0 Å². The number of rotatable bonds is 5. The van der Waals surface area contributed by atoms with E-state index in [1.165, 1.54) is 11.1 Å². The van der Waals surface area contributed by atoms with Gasteiger partial charge in [0.2, 0.25) is 0 Å². The fourth-order valence-electron chi connectivity index (χ4n) is 5.42. The average Bonchev–Trinajstić information content (AvgIpc) is 3.71. The van der Waals surface area contributed by atoms with Crippen molar-refractivity contribution in [3.8, 4) is 39.5 Å². The van der Waals surface area contributed by atoms with Gasteiger partial charge >= 0.3 is 0 Å². The summed E-state index contributed by atoms with van der Waals surface area (Å²) in [6.45, 7) is 3.85. The van der Waals surface area contributed by atoms with Gasteiger partial charge in [0.25, 0.3) is 0 Å². The van der Waals surface area contributed by atoms with E-state index in [1.807, 2.05) is 68.4 Å². The molecule has 8 rings (SSSR count). The van der Waals surface area contributed by atoms with Crippen LogP contribution in [0.15, 0.2) is 146 Å². The molecule has 0 unspecified atom stereocenters. The molecule has 5 heteroatoms. The van der Waals surface area contributed by atoms with Gasteiger partial charge in [0, 0.05) is 33.4 Å². The minimum absolute atomic E-state index is 0. The van der Waals surface area contributed by atoms with Gasteiger partial charge in [0.1, 0.15) is 0 Å². The zero-order valence-corrected chi connectivity index (χ0v) is 28.7. The van der Waals surface area contributed by atoms with E-state index < -0.39 is 5.89 Å². The zero-order valence-electron chi connectivity index (χ0n) is 26.4. The Hall–Kier alpha value is -4.67. The molecule has 3 heterocycles. The third kappa shape index (κ3) is 6.49. The minimum Gasteiger partial charge on any atom is -0.333 e. The number of benzene rings is 5. The van der Waals surface area contributed by atoms with Crippen molar-refractivity contribution in [1.82, 2.24) is 14.5 Å². The maximum Gasteiger partial charge on any atom is 0.0774 e. The maximum atomic E-state index is 8.50.